The van der Waals surface area contributed by atoms with E-state index in [1.807, 2.05) is 24.4 Å². The number of benzene rings is 1. The van der Waals surface area contributed by atoms with Crippen molar-refractivity contribution >= 4 is 17.2 Å². The van der Waals surface area contributed by atoms with E-state index in [0.29, 0.717) is 0 Å². The smallest absolute Gasteiger partial charge is 0.137 e. The molecule has 0 saturated carbocycles. The second kappa shape index (κ2) is 6.79. The van der Waals surface area contributed by atoms with Gasteiger partial charge in [0.05, 0.1) is 28.6 Å². The Bertz CT molecular complexity index is 867. The van der Waals surface area contributed by atoms with Crippen LogP contribution in [0.4, 0.5) is 0 Å². The van der Waals surface area contributed by atoms with Gasteiger partial charge in [-0.2, -0.15) is 0 Å². The zero-order chi connectivity index (χ0) is 17.4. The standard InChI is InChI=1S/C20H22ClN3O/c1-14-10-23(11-15(2)25-14)13-18-20(16-6-4-3-5-7-16)22-19-9-8-17(21)12-24(18)19/h3-9,12,14-15H,10-11,13H2,1-2H3/t14-,15-/m0/s1. The van der Waals surface area contributed by atoms with Gasteiger partial charge in [-0.15, -0.1) is 0 Å². The predicted octanol–water partition coefficient (Wildman–Crippen LogP) is 4.26. The fourth-order valence-corrected chi connectivity index (χ4v) is 3.83. The van der Waals surface area contributed by atoms with Crippen LogP contribution in [-0.4, -0.2) is 39.6 Å². The summed E-state index contributed by atoms with van der Waals surface area (Å²) in [6.07, 6.45) is 2.44. The number of rotatable bonds is 3. The molecule has 3 aromatic rings. The highest BCUT2D eigenvalue weighted by Crippen LogP contribution is 2.27. The van der Waals surface area contributed by atoms with E-state index in [4.69, 9.17) is 21.3 Å². The number of hydrogen-bond acceptors (Lipinski definition) is 3. The lowest BCUT2D eigenvalue weighted by Crippen LogP contribution is -2.45. The number of fused-ring (bicyclic) bond motifs is 1. The molecule has 4 nitrogen and oxygen atoms in total. The van der Waals surface area contributed by atoms with Gasteiger partial charge >= 0.3 is 0 Å². The summed E-state index contributed by atoms with van der Waals surface area (Å²) >= 11 is 6.25. The van der Waals surface area contributed by atoms with Crippen molar-refractivity contribution in [1.29, 1.82) is 0 Å². The Kier molecular flexibility index (Phi) is 4.50. The van der Waals surface area contributed by atoms with E-state index in [1.165, 1.54) is 5.69 Å². The number of imidazole rings is 1. The Morgan fingerprint density at radius 3 is 2.52 bits per heavy atom. The summed E-state index contributed by atoms with van der Waals surface area (Å²) in [6.45, 7) is 6.93. The molecule has 4 rings (SSSR count). The van der Waals surface area contributed by atoms with Crippen molar-refractivity contribution in [2.75, 3.05) is 13.1 Å². The third-order valence-electron chi connectivity index (χ3n) is 4.60. The number of ether oxygens (including phenoxy) is 1. The lowest BCUT2D eigenvalue weighted by Gasteiger charge is -2.35. The van der Waals surface area contributed by atoms with Crippen molar-refractivity contribution < 1.29 is 4.74 Å². The fourth-order valence-electron chi connectivity index (χ4n) is 3.67. The quantitative estimate of drug-likeness (QED) is 0.703. The van der Waals surface area contributed by atoms with Crippen LogP contribution in [0.25, 0.3) is 16.9 Å². The summed E-state index contributed by atoms with van der Waals surface area (Å²) in [4.78, 5) is 7.31. The van der Waals surface area contributed by atoms with Gasteiger partial charge in [0.1, 0.15) is 5.65 Å². The van der Waals surface area contributed by atoms with Crippen molar-refractivity contribution in [2.24, 2.45) is 0 Å². The van der Waals surface area contributed by atoms with E-state index in [-0.39, 0.29) is 12.2 Å². The maximum Gasteiger partial charge on any atom is 0.137 e. The van der Waals surface area contributed by atoms with Crippen LogP contribution < -0.4 is 0 Å². The molecular formula is C20H22ClN3O. The monoisotopic (exact) mass is 355 g/mol. The minimum absolute atomic E-state index is 0.242. The normalized spacial score (nSPS) is 21.7. The molecule has 0 bridgehead atoms. The molecule has 0 unspecified atom stereocenters. The highest BCUT2D eigenvalue weighted by atomic mass is 35.5. The molecule has 1 aromatic carbocycles. The fraction of sp³-hybridized carbons (Fsp3) is 0.350. The Labute approximate surface area is 153 Å². The molecule has 0 aliphatic carbocycles. The molecule has 0 radical (unpaired) electrons. The van der Waals surface area contributed by atoms with Crippen molar-refractivity contribution in [3.8, 4) is 11.3 Å². The van der Waals surface area contributed by atoms with Gasteiger partial charge in [-0.3, -0.25) is 4.90 Å². The molecule has 2 aromatic heterocycles. The van der Waals surface area contributed by atoms with Crippen molar-refractivity contribution in [3.63, 3.8) is 0 Å². The summed E-state index contributed by atoms with van der Waals surface area (Å²) in [7, 11) is 0. The summed E-state index contributed by atoms with van der Waals surface area (Å²) < 4.78 is 7.99. The van der Waals surface area contributed by atoms with Crippen LogP contribution in [0.3, 0.4) is 0 Å². The van der Waals surface area contributed by atoms with Gasteiger partial charge in [0.15, 0.2) is 0 Å². The molecule has 0 N–H and O–H groups in total. The summed E-state index contributed by atoms with van der Waals surface area (Å²) in [5, 5.41) is 0.717. The summed E-state index contributed by atoms with van der Waals surface area (Å²) in [5.41, 5.74) is 4.25. The molecular weight excluding hydrogens is 334 g/mol. The third-order valence-corrected chi connectivity index (χ3v) is 4.82. The van der Waals surface area contributed by atoms with Crippen LogP contribution in [0.5, 0.6) is 0 Å². The van der Waals surface area contributed by atoms with E-state index >= 15 is 0 Å². The molecule has 0 amide bonds. The molecule has 1 fully saturated rings. The first-order valence-corrected chi connectivity index (χ1v) is 9.07. The third kappa shape index (κ3) is 3.43. The first kappa shape index (κ1) is 16.6. The van der Waals surface area contributed by atoms with Crippen molar-refractivity contribution in [1.82, 2.24) is 14.3 Å². The Balaban J connectivity index is 1.78. The van der Waals surface area contributed by atoms with E-state index in [9.17, 15) is 0 Å². The van der Waals surface area contributed by atoms with E-state index in [2.05, 4.69) is 47.4 Å². The first-order valence-electron chi connectivity index (χ1n) is 8.70. The van der Waals surface area contributed by atoms with Crippen molar-refractivity contribution in [3.05, 3.63) is 59.4 Å². The number of nitrogens with zero attached hydrogens (tertiary/aromatic N) is 3. The topological polar surface area (TPSA) is 29.8 Å². The van der Waals surface area contributed by atoms with Gasteiger partial charge in [0.2, 0.25) is 0 Å². The average Bonchev–Trinajstić information content (AvgIpc) is 2.93. The van der Waals surface area contributed by atoms with Crippen LogP contribution >= 0.6 is 11.6 Å². The van der Waals surface area contributed by atoms with Gasteiger partial charge in [-0.05, 0) is 26.0 Å². The van der Waals surface area contributed by atoms with Crippen LogP contribution in [0.15, 0.2) is 48.7 Å². The molecule has 3 heterocycles. The zero-order valence-corrected chi connectivity index (χ0v) is 15.3. The van der Waals surface area contributed by atoms with Crippen LogP contribution in [0.1, 0.15) is 19.5 Å². The van der Waals surface area contributed by atoms with Gasteiger partial charge in [-0.25, -0.2) is 4.98 Å². The Hall–Kier alpha value is -1.88. The molecule has 1 saturated heterocycles. The zero-order valence-electron chi connectivity index (χ0n) is 14.5. The number of pyridine rings is 1. The molecule has 5 heteroatoms. The molecule has 0 spiro atoms. The van der Waals surface area contributed by atoms with E-state index in [0.717, 1.165) is 41.6 Å². The number of hydrogen-bond donors (Lipinski definition) is 0. The maximum absolute atomic E-state index is 6.25. The SMILES string of the molecule is C[C@H]1CN(Cc2c(-c3ccccc3)nc3ccc(Cl)cn23)C[C@H](C)O1. The summed E-state index contributed by atoms with van der Waals surface area (Å²) in [6, 6.07) is 14.2. The molecule has 1 aliphatic rings. The first-order chi connectivity index (χ1) is 12.1. The number of morpholine rings is 1. The van der Waals surface area contributed by atoms with Crippen molar-refractivity contribution in [2.45, 2.75) is 32.6 Å². The lowest BCUT2D eigenvalue weighted by molar-refractivity contribution is -0.0707. The Morgan fingerprint density at radius 2 is 1.80 bits per heavy atom. The second-order valence-corrected chi connectivity index (χ2v) is 7.24. The van der Waals surface area contributed by atoms with Crippen LogP contribution in [0, 0.1) is 0 Å². The largest absolute Gasteiger partial charge is 0.373 e. The average molecular weight is 356 g/mol. The highest BCUT2D eigenvalue weighted by Gasteiger charge is 2.24. The van der Waals surface area contributed by atoms with Crippen LogP contribution in [0.2, 0.25) is 5.02 Å². The minimum atomic E-state index is 0.242. The van der Waals surface area contributed by atoms with Gasteiger partial charge in [0, 0.05) is 31.4 Å². The maximum atomic E-state index is 6.25. The van der Waals surface area contributed by atoms with E-state index < -0.39 is 0 Å². The second-order valence-electron chi connectivity index (χ2n) is 6.80. The predicted molar refractivity (Wildman–Crippen MR) is 101 cm³/mol. The number of halogens is 1. The van der Waals surface area contributed by atoms with Gasteiger partial charge in [-0.1, -0.05) is 41.9 Å². The lowest BCUT2D eigenvalue weighted by atomic mass is 10.1. The minimum Gasteiger partial charge on any atom is -0.373 e. The molecule has 130 valence electrons. The van der Waals surface area contributed by atoms with Gasteiger partial charge in [0.25, 0.3) is 0 Å². The number of aromatic nitrogens is 2. The highest BCUT2D eigenvalue weighted by molar-refractivity contribution is 6.30. The summed E-state index contributed by atoms with van der Waals surface area (Å²) in [5.74, 6) is 0. The Morgan fingerprint density at radius 1 is 1.08 bits per heavy atom. The van der Waals surface area contributed by atoms with E-state index in [1.54, 1.807) is 0 Å². The molecule has 25 heavy (non-hydrogen) atoms. The molecule has 2 atom stereocenters. The molecule has 1 aliphatic heterocycles. The van der Waals surface area contributed by atoms with Crippen LogP contribution in [-0.2, 0) is 11.3 Å². The van der Waals surface area contributed by atoms with Gasteiger partial charge < -0.3 is 9.14 Å².